The van der Waals surface area contributed by atoms with Crippen LogP contribution in [0, 0.1) is 0 Å². The number of amides is 1. The molecular formula is C24H20F6N4O4. The third-order valence-corrected chi connectivity index (χ3v) is 5.84. The van der Waals surface area contributed by atoms with Gasteiger partial charge in [0.15, 0.2) is 5.69 Å². The average molecular weight is 542 g/mol. The van der Waals surface area contributed by atoms with Crippen LogP contribution in [0.3, 0.4) is 0 Å². The Bertz CT molecular complexity index is 1330. The highest BCUT2D eigenvalue weighted by atomic mass is 19.4. The summed E-state index contributed by atoms with van der Waals surface area (Å²) in [6.07, 6.45) is -9.80. The van der Waals surface area contributed by atoms with Crippen molar-refractivity contribution in [3.8, 4) is 5.75 Å². The van der Waals surface area contributed by atoms with Gasteiger partial charge in [0.2, 0.25) is 0 Å². The van der Waals surface area contributed by atoms with Gasteiger partial charge in [-0.1, -0.05) is 24.3 Å². The van der Waals surface area contributed by atoms with Gasteiger partial charge in [-0.05, 0) is 42.3 Å². The van der Waals surface area contributed by atoms with E-state index in [2.05, 4.69) is 15.2 Å². The van der Waals surface area contributed by atoms with Gasteiger partial charge in [0.05, 0.1) is 18.2 Å². The Hall–Kier alpha value is -4.23. The van der Waals surface area contributed by atoms with Crippen LogP contribution in [-0.4, -0.2) is 39.7 Å². The minimum absolute atomic E-state index is 0.00176. The van der Waals surface area contributed by atoms with E-state index in [1.54, 1.807) is 0 Å². The van der Waals surface area contributed by atoms with E-state index in [-0.39, 0.29) is 31.0 Å². The number of aromatic carboxylic acids is 1. The molecule has 0 radical (unpaired) electrons. The van der Waals surface area contributed by atoms with E-state index in [4.69, 9.17) is 5.11 Å². The second kappa shape index (κ2) is 9.91. The van der Waals surface area contributed by atoms with Gasteiger partial charge < -0.3 is 20.1 Å². The third kappa shape index (κ3) is 5.84. The summed E-state index contributed by atoms with van der Waals surface area (Å²) in [5.41, 5.74) is -1.09. The first-order valence-corrected chi connectivity index (χ1v) is 11.1. The highest BCUT2D eigenvalue weighted by Gasteiger charge is 2.44. The van der Waals surface area contributed by atoms with Crippen molar-refractivity contribution < 1.29 is 45.8 Å². The Morgan fingerprint density at radius 1 is 1.03 bits per heavy atom. The number of carbonyl (C=O) groups is 2. The van der Waals surface area contributed by atoms with E-state index in [0.29, 0.717) is 11.1 Å². The van der Waals surface area contributed by atoms with E-state index in [1.807, 2.05) is 0 Å². The summed E-state index contributed by atoms with van der Waals surface area (Å²) in [6.45, 7) is 1.82. The van der Waals surface area contributed by atoms with Crippen molar-refractivity contribution in [2.75, 3.05) is 11.4 Å². The smallest absolute Gasteiger partial charge is 0.478 e. The van der Waals surface area contributed by atoms with Crippen LogP contribution in [0.1, 0.15) is 50.5 Å². The molecule has 202 valence electrons. The van der Waals surface area contributed by atoms with Crippen molar-refractivity contribution in [1.82, 2.24) is 15.1 Å². The van der Waals surface area contributed by atoms with Crippen LogP contribution < -0.4 is 15.0 Å². The van der Waals surface area contributed by atoms with Crippen molar-refractivity contribution >= 4 is 17.7 Å². The lowest BCUT2D eigenvalue weighted by Gasteiger charge is -2.21. The fraction of sp³-hybridized carbons (Fsp3) is 0.292. The molecule has 1 aliphatic heterocycles. The van der Waals surface area contributed by atoms with Crippen molar-refractivity contribution in [2.24, 2.45) is 0 Å². The predicted octanol–water partition coefficient (Wildman–Crippen LogP) is 5.01. The molecule has 0 aliphatic carbocycles. The molecule has 1 atom stereocenters. The number of anilines is 1. The second-order valence-corrected chi connectivity index (χ2v) is 8.50. The summed E-state index contributed by atoms with van der Waals surface area (Å²) in [6, 6.07) is 9.60. The number of carboxylic acids is 1. The van der Waals surface area contributed by atoms with Gasteiger partial charge in [-0.2, -0.15) is 18.3 Å². The number of halogens is 6. The Labute approximate surface area is 211 Å². The fourth-order valence-corrected chi connectivity index (χ4v) is 4.10. The standard InChI is InChI=1S/C24H20F6N4O4/c1-13(15-4-6-16(7-5-15)22(36)37)31-20(35)18-19(23(25,26)27)32-34-11-10-33(21(18)34)12-14-2-8-17(9-3-14)38-24(28,29)30/h2-9,13H,10-12H2,1H3,(H,31,35)(H,36,37)/t13-/m0/s1. The summed E-state index contributed by atoms with van der Waals surface area (Å²) in [5, 5.41) is 15.2. The number of hydrogen-bond donors (Lipinski definition) is 2. The molecule has 2 aromatic carbocycles. The summed E-state index contributed by atoms with van der Waals surface area (Å²) < 4.78 is 83.7. The Morgan fingerprint density at radius 2 is 1.66 bits per heavy atom. The maximum atomic E-state index is 13.8. The highest BCUT2D eigenvalue weighted by Crippen LogP contribution is 2.39. The number of fused-ring (bicyclic) bond motifs is 1. The monoisotopic (exact) mass is 542 g/mol. The van der Waals surface area contributed by atoms with Gasteiger partial charge >= 0.3 is 18.5 Å². The zero-order valence-corrected chi connectivity index (χ0v) is 19.6. The van der Waals surface area contributed by atoms with Crippen LogP contribution in [0.2, 0.25) is 0 Å². The molecule has 0 saturated carbocycles. The maximum Gasteiger partial charge on any atom is 0.573 e. The Kier molecular flexibility index (Phi) is 7.00. The fourth-order valence-electron chi connectivity index (χ4n) is 4.10. The molecule has 14 heteroatoms. The van der Waals surface area contributed by atoms with Crippen LogP contribution in [-0.2, 0) is 19.3 Å². The molecule has 0 bridgehead atoms. The number of nitrogens with one attached hydrogen (secondary N) is 1. The SMILES string of the molecule is C[C@H](NC(=O)c1c(C(F)(F)F)nn2c1N(Cc1ccc(OC(F)(F)F)cc1)CC2)c1ccc(C(=O)O)cc1. The Morgan fingerprint density at radius 3 is 2.21 bits per heavy atom. The quantitative estimate of drug-likeness (QED) is 0.408. The molecule has 4 rings (SSSR count). The number of aromatic nitrogens is 2. The number of ether oxygens (including phenoxy) is 1. The number of nitrogens with zero attached hydrogens (tertiary/aromatic N) is 3. The first-order valence-electron chi connectivity index (χ1n) is 11.1. The number of carboxylic acid groups (broad SMARTS) is 1. The van der Waals surface area contributed by atoms with Crippen LogP contribution in [0.15, 0.2) is 48.5 Å². The van der Waals surface area contributed by atoms with Crippen molar-refractivity contribution in [1.29, 1.82) is 0 Å². The lowest BCUT2D eigenvalue weighted by Crippen LogP contribution is -2.31. The van der Waals surface area contributed by atoms with Gasteiger partial charge in [0, 0.05) is 13.1 Å². The van der Waals surface area contributed by atoms with Gasteiger partial charge in [-0.25, -0.2) is 9.48 Å². The molecule has 2 N–H and O–H groups in total. The molecule has 1 amide bonds. The highest BCUT2D eigenvalue weighted by molar-refractivity contribution is 6.01. The van der Waals surface area contributed by atoms with E-state index < -0.39 is 47.5 Å². The molecule has 2 heterocycles. The van der Waals surface area contributed by atoms with E-state index in [0.717, 1.165) is 16.8 Å². The third-order valence-electron chi connectivity index (χ3n) is 5.84. The van der Waals surface area contributed by atoms with Gasteiger partial charge in [-0.15, -0.1) is 13.2 Å². The number of benzene rings is 2. The summed E-state index contributed by atoms with van der Waals surface area (Å²) >= 11 is 0. The minimum Gasteiger partial charge on any atom is -0.478 e. The lowest BCUT2D eigenvalue weighted by atomic mass is 10.1. The molecule has 0 unspecified atom stereocenters. The molecule has 8 nitrogen and oxygen atoms in total. The first-order chi connectivity index (χ1) is 17.7. The average Bonchev–Trinajstić information content (AvgIpc) is 3.39. The zero-order valence-electron chi connectivity index (χ0n) is 19.6. The molecular weight excluding hydrogens is 522 g/mol. The van der Waals surface area contributed by atoms with Crippen molar-refractivity contribution in [3.05, 3.63) is 76.5 Å². The van der Waals surface area contributed by atoms with E-state index in [9.17, 15) is 35.9 Å². The Balaban J connectivity index is 1.59. The molecule has 0 spiro atoms. The van der Waals surface area contributed by atoms with Crippen LogP contribution >= 0.6 is 0 Å². The summed E-state index contributed by atoms with van der Waals surface area (Å²) in [7, 11) is 0. The normalized spacial score (nSPS) is 14.2. The zero-order chi connectivity index (χ0) is 27.8. The van der Waals surface area contributed by atoms with Gasteiger partial charge in [-0.3, -0.25) is 4.79 Å². The summed E-state index contributed by atoms with van der Waals surface area (Å²) in [4.78, 5) is 25.7. The molecule has 3 aromatic rings. The number of carbonyl (C=O) groups excluding carboxylic acids is 1. The summed E-state index contributed by atoms with van der Waals surface area (Å²) in [5.74, 6) is -2.70. The second-order valence-electron chi connectivity index (χ2n) is 8.50. The van der Waals surface area contributed by atoms with Gasteiger partial charge in [0.1, 0.15) is 17.1 Å². The van der Waals surface area contributed by atoms with Crippen LogP contribution in [0.4, 0.5) is 32.2 Å². The molecule has 38 heavy (non-hydrogen) atoms. The predicted molar refractivity (Wildman–Crippen MR) is 121 cm³/mol. The van der Waals surface area contributed by atoms with Crippen LogP contribution in [0.5, 0.6) is 5.75 Å². The number of alkyl halides is 6. The molecule has 0 fully saturated rings. The topological polar surface area (TPSA) is 96.7 Å². The van der Waals surface area contributed by atoms with E-state index in [1.165, 1.54) is 48.2 Å². The van der Waals surface area contributed by atoms with Crippen molar-refractivity contribution in [3.63, 3.8) is 0 Å². The molecule has 1 aromatic heterocycles. The number of rotatable bonds is 7. The van der Waals surface area contributed by atoms with Crippen LogP contribution in [0.25, 0.3) is 0 Å². The van der Waals surface area contributed by atoms with E-state index >= 15 is 0 Å². The minimum atomic E-state index is -4.93. The molecule has 0 saturated heterocycles. The maximum absolute atomic E-state index is 13.8. The van der Waals surface area contributed by atoms with Gasteiger partial charge in [0.25, 0.3) is 5.91 Å². The lowest BCUT2D eigenvalue weighted by molar-refractivity contribution is -0.274. The van der Waals surface area contributed by atoms with Crippen molar-refractivity contribution in [2.45, 2.75) is 38.6 Å². The largest absolute Gasteiger partial charge is 0.573 e. The number of hydrogen-bond acceptors (Lipinski definition) is 5. The first kappa shape index (κ1) is 26.8. The molecule has 1 aliphatic rings.